The smallest absolute Gasteiger partial charge is 0.435 e. The van der Waals surface area contributed by atoms with Crippen molar-refractivity contribution in [1.82, 2.24) is 19.3 Å². The van der Waals surface area contributed by atoms with Gasteiger partial charge >= 0.3 is 6.18 Å². The summed E-state index contributed by atoms with van der Waals surface area (Å²) in [5, 5.41) is 3.92. The summed E-state index contributed by atoms with van der Waals surface area (Å²) in [4.78, 5) is 16.8. The number of aromatic nitrogens is 4. The van der Waals surface area contributed by atoms with E-state index in [0.29, 0.717) is 6.61 Å². The number of hydrogen-bond donors (Lipinski definition) is 0. The van der Waals surface area contributed by atoms with E-state index >= 15 is 8.78 Å². The number of ether oxygens (including phenoxy) is 3. The Hall–Kier alpha value is -3.69. The predicted molar refractivity (Wildman–Crippen MR) is 165 cm³/mol. The Labute approximate surface area is 268 Å². The molecule has 5 rings (SSSR count). The van der Waals surface area contributed by atoms with Crippen molar-refractivity contribution < 1.29 is 45.3 Å². The summed E-state index contributed by atoms with van der Waals surface area (Å²) in [5.41, 5.74) is -2.01. The molecular formula is C32H36F6N4O4Si. The van der Waals surface area contributed by atoms with Crippen molar-refractivity contribution in [1.29, 1.82) is 0 Å². The van der Waals surface area contributed by atoms with Crippen LogP contribution in [-0.4, -0.2) is 58.7 Å². The Morgan fingerprint density at radius 3 is 2.43 bits per heavy atom. The molecule has 1 fully saturated rings. The third kappa shape index (κ3) is 8.07. The van der Waals surface area contributed by atoms with Crippen LogP contribution in [0.4, 0.5) is 26.3 Å². The molecule has 1 aliphatic rings. The SMILES string of the molecule is CCn1nc(C(F)(F)F)cc1-c1cn(COCC[Si](C)(C)C)c2nccc(Oc3c(F)cc(CC(=O)CCC4(F)COC4)cc3F)c12. The van der Waals surface area contributed by atoms with E-state index in [1.807, 2.05) is 0 Å². The summed E-state index contributed by atoms with van der Waals surface area (Å²) in [6, 6.07) is 5.07. The van der Waals surface area contributed by atoms with Gasteiger partial charge in [-0.3, -0.25) is 9.48 Å². The molecule has 4 heterocycles. The molecule has 0 aliphatic carbocycles. The van der Waals surface area contributed by atoms with E-state index in [9.17, 15) is 22.4 Å². The summed E-state index contributed by atoms with van der Waals surface area (Å²) < 4.78 is 105. The molecule has 3 aromatic heterocycles. The number of nitrogens with zero attached hydrogens (tertiary/aromatic N) is 4. The van der Waals surface area contributed by atoms with Gasteiger partial charge in [-0.05, 0) is 49.2 Å². The van der Waals surface area contributed by atoms with E-state index in [2.05, 4.69) is 29.7 Å². The van der Waals surface area contributed by atoms with Gasteiger partial charge in [-0.25, -0.2) is 18.2 Å². The number of pyridine rings is 1. The van der Waals surface area contributed by atoms with Crippen LogP contribution < -0.4 is 4.74 Å². The lowest BCUT2D eigenvalue weighted by molar-refractivity contribution is -0.141. The molecule has 47 heavy (non-hydrogen) atoms. The largest absolute Gasteiger partial charge is 0.450 e. The summed E-state index contributed by atoms with van der Waals surface area (Å²) in [7, 11) is -1.41. The van der Waals surface area contributed by atoms with Crippen molar-refractivity contribution in [3.8, 4) is 22.8 Å². The van der Waals surface area contributed by atoms with Crippen molar-refractivity contribution in [3.05, 3.63) is 59.6 Å². The van der Waals surface area contributed by atoms with Crippen molar-refractivity contribution in [2.24, 2.45) is 0 Å². The lowest BCUT2D eigenvalue weighted by Gasteiger charge is -2.33. The number of aryl methyl sites for hydroxylation is 1. The van der Waals surface area contributed by atoms with Crippen LogP contribution in [-0.2, 0) is 40.1 Å². The highest BCUT2D eigenvalue weighted by atomic mass is 28.3. The van der Waals surface area contributed by atoms with Gasteiger partial charge in [-0.15, -0.1) is 0 Å². The Morgan fingerprint density at radius 1 is 1.13 bits per heavy atom. The molecule has 0 radical (unpaired) electrons. The Kier molecular flexibility index (Phi) is 9.90. The maximum atomic E-state index is 15.3. The van der Waals surface area contributed by atoms with E-state index in [-0.39, 0.29) is 85.1 Å². The maximum Gasteiger partial charge on any atom is 0.435 e. The van der Waals surface area contributed by atoms with E-state index in [0.717, 1.165) is 24.2 Å². The first kappa shape index (κ1) is 34.6. The molecular weight excluding hydrogens is 646 g/mol. The molecule has 15 heteroatoms. The quantitative estimate of drug-likeness (QED) is 0.0763. The molecule has 0 unspecified atom stereocenters. The number of hydrogen-bond acceptors (Lipinski definition) is 6. The average Bonchev–Trinajstić information content (AvgIpc) is 3.57. The lowest BCUT2D eigenvalue weighted by Crippen LogP contribution is -2.45. The number of benzene rings is 1. The van der Waals surface area contributed by atoms with Crippen molar-refractivity contribution >= 4 is 24.9 Å². The summed E-state index contributed by atoms with van der Waals surface area (Å²) in [5.74, 6) is -3.42. The van der Waals surface area contributed by atoms with Gasteiger partial charge in [0, 0.05) is 52.0 Å². The van der Waals surface area contributed by atoms with Crippen molar-refractivity contribution in [2.45, 2.75) is 77.0 Å². The minimum Gasteiger partial charge on any atom is -0.450 e. The normalized spacial score (nSPS) is 14.9. The van der Waals surface area contributed by atoms with E-state index in [4.69, 9.17) is 14.2 Å². The number of alkyl halides is 4. The zero-order valence-electron chi connectivity index (χ0n) is 26.5. The van der Waals surface area contributed by atoms with E-state index in [1.165, 1.54) is 16.9 Å². The average molecular weight is 683 g/mol. The molecule has 0 spiro atoms. The Morgan fingerprint density at radius 2 is 1.83 bits per heavy atom. The van der Waals surface area contributed by atoms with Gasteiger partial charge in [0.15, 0.2) is 28.7 Å². The molecule has 0 bridgehead atoms. The molecule has 1 aromatic carbocycles. The standard InChI is InChI=1S/C32H36F6N4O4Si/c1-5-42-25(15-27(40-42)32(36,37)38)22-16-41(19-44-10-11-47(2,3)4)30-28(22)26(7-9-39-30)46-29-23(33)13-20(14-24(29)34)12-21(43)6-8-31(35)17-45-18-31/h7,9,13-16H,5-6,8,10-12,17-19H2,1-4H3. The monoisotopic (exact) mass is 682 g/mol. The van der Waals surface area contributed by atoms with Gasteiger partial charge < -0.3 is 18.8 Å². The number of Topliss-reactive ketones (excluding diaryl/α,β-unsaturated/α-hetero) is 1. The van der Waals surface area contributed by atoms with E-state index in [1.54, 1.807) is 17.7 Å². The zero-order valence-corrected chi connectivity index (χ0v) is 27.5. The molecule has 0 atom stereocenters. The molecule has 8 nitrogen and oxygen atoms in total. The van der Waals surface area contributed by atoms with Gasteiger partial charge in [-0.1, -0.05) is 19.6 Å². The maximum absolute atomic E-state index is 15.3. The minimum absolute atomic E-state index is 0.0197. The second-order valence-electron chi connectivity index (χ2n) is 12.9. The fourth-order valence-electron chi connectivity index (χ4n) is 5.19. The fourth-order valence-corrected chi connectivity index (χ4v) is 5.94. The Balaban J connectivity index is 1.48. The minimum atomic E-state index is -4.71. The van der Waals surface area contributed by atoms with Crippen LogP contribution in [0.15, 0.2) is 36.7 Å². The molecule has 0 amide bonds. The van der Waals surface area contributed by atoms with Crippen LogP contribution in [0.2, 0.25) is 25.7 Å². The second kappa shape index (κ2) is 13.4. The lowest BCUT2D eigenvalue weighted by atomic mass is 9.95. The number of carbonyl (C=O) groups is 1. The van der Waals surface area contributed by atoms with Gasteiger partial charge in [0.25, 0.3) is 0 Å². The number of fused-ring (bicyclic) bond motifs is 1. The fraction of sp³-hybridized carbons (Fsp3) is 0.469. The van der Waals surface area contributed by atoms with Crippen molar-refractivity contribution in [3.63, 3.8) is 0 Å². The molecule has 1 saturated heterocycles. The Bertz CT molecular complexity index is 1740. The highest BCUT2D eigenvalue weighted by molar-refractivity contribution is 6.76. The third-order valence-corrected chi connectivity index (χ3v) is 9.54. The van der Waals surface area contributed by atoms with Crippen LogP contribution in [0.1, 0.15) is 31.0 Å². The number of ketones is 1. The second-order valence-corrected chi connectivity index (χ2v) is 18.6. The van der Waals surface area contributed by atoms with E-state index < -0.39 is 43.0 Å². The number of halogens is 6. The van der Waals surface area contributed by atoms with Crippen LogP contribution in [0.3, 0.4) is 0 Å². The summed E-state index contributed by atoms with van der Waals surface area (Å²) in [6.45, 7) is 8.65. The molecule has 0 saturated carbocycles. The number of carbonyl (C=O) groups excluding carboxylic acids is 1. The molecule has 0 N–H and O–H groups in total. The zero-order chi connectivity index (χ0) is 34.1. The topological polar surface area (TPSA) is 80.4 Å². The van der Waals surface area contributed by atoms with Gasteiger partial charge in [0.1, 0.15) is 23.9 Å². The predicted octanol–water partition coefficient (Wildman–Crippen LogP) is 7.95. The van der Waals surface area contributed by atoms with Crippen LogP contribution in [0, 0.1) is 11.6 Å². The number of rotatable bonds is 14. The van der Waals surface area contributed by atoms with Gasteiger partial charge in [0.2, 0.25) is 0 Å². The highest BCUT2D eigenvalue weighted by Crippen LogP contribution is 2.41. The highest BCUT2D eigenvalue weighted by Gasteiger charge is 2.39. The van der Waals surface area contributed by atoms with Gasteiger partial charge in [-0.2, -0.15) is 18.3 Å². The summed E-state index contributed by atoms with van der Waals surface area (Å²) >= 11 is 0. The van der Waals surface area contributed by atoms with Crippen molar-refractivity contribution in [2.75, 3.05) is 19.8 Å². The first-order chi connectivity index (χ1) is 22.1. The molecule has 4 aromatic rings. The van der Waals surface area contributed by atoms with Gasteiger partial charge in [0.05, 0.1) is 24.3 Å². The first-order valence-electron chi connectivity index (χ1n) is 15.2. The molecule has 254 valence electrons. The van der Waals surface area contributed by atoms with Crippen LogP contribution in [0.5, 0.6) is 11.5 Å². The van der Waals surface area contributed by atoms with Crippen LogP contribution >= 0.6 is 0 Å². The summed E-state index contributed by atoms with van der Waals surface area (Å²) in [6.07, 6.45) is -2.25. The van der Waals surface area contributed by atoms with Crippen LogP contribution in [0.25, 0.3) is 22.3 Å². The molecule has 1 aliphatic heterocycles. The first-order valence-corrected chi connectivity index (χ1v) is 18.9. The third-order valence-electron chi connectivity index (χ3n) is 7.84.